The van der Waals surface area contributed by atoms with Crippen LogP contribution < -0.4 is 5.32 Å². The molecule has 2 heterocycles. The van der Waals surface area contributed by atoms with Gasteiger partial charge in [0.05, 0.1) is 5.69 Å². The first-order chi connectivity index (χ1) is 7.86. The lowest BCUT2D eigenvalue weighted by Crippen LogP contribution is -2.14. The Morgan fingerprint density at radius 3 is 2.62 bits per heavy atom. The quantitative estimate of drug-likeness (QED) is 0.845. The Labute approximate surface area is 95.6 Å². The van der Waals surface area contributed by atoms with Crippen LogP contribution in [0.5, 0.6) is 0 Å². The molecule has 0 amide bonds. The number of rotatable bonds is 4. The summed E-state index contributed by atoms with van der Waals surface area (Å²) < 4.78 is 0. The molecule has 0 aromatic carbocycles. The molecule has 0 aliphatic carbocycles. The molecule has 0 aliphatic rings. The summed E-state index contributed by atoms with van der Waals surface area (Å²) >= 11 is 0. The van der Waals surface area contributed by atoms with Crippen molar-refractivity contribution >= 4 is 0 Å². The topological polar surface area (TPSA) is 37.8 Å². The first kappa shape index (κ1) is 10.8. The van der Waals surface area contributed by atoms with E-state index in [9.17, 15) is 0 Å². The van der Waals surface area contributed by atoms with Crippen LogP contribution in [0.4, 0.5) is 0 Å². The lowest BCUT2D eigenvalue weighted by molar-refractivity contribution is 0.675. The minimum atomic E-state index is 0.801. The number of nitrogens with zero attached hydrogens (tertiary/aromatic N) is 2. The smallest absolute Gasteiger partial charge is 0.0570 e. The molecular formula is C13H15N3. The summed E-state index contributed by atoms with van der Waals surface area (Å²) in [6.07, 6.45) is 5.45. The number of hydrogen-bond acceptors (Lipinski definition) is 3. The number of hydrogen-bond donors (Lipinski definition) is 1. The second-order valence-electron chi connectivity index (χ2n) is 3.73. The maximum absolute atomic E-state index is 4.33. The molecule has 2 aromatic heterocycles. The molecule has 0 unspecified atom stereocenters. The fourth-order valence-corrected chi connectivity index (χ4v) is 1.53. The Hall–Kier alpha value is -1.74. The first-order valence-electron chi connectivity index (χ1n) is 5.36. The van der Waals surface area contributed by atoms with Crippen LogP contribution in [0.25, 0.3) is 0 Å². The Balaban J connectivity index is 1.87. The Kier molecular flexibility index (Phi) is 3.62. The molecule has 1 N–H and O–H groups in total. The van der Waals surface area contributed by atoms with E-state index >= 15 is 0 Å². The molecule has 0 bridgehead atoms. The number of nitrogens with one attached hydrogen (secondary N) is 1. The van der Waals surface area contributed by atoms with Gasteiger partial charge in [-0.3, -0.25) is 9.97 Å². The summed E-state index contributed by atoms with van der Waals surface area (Å²) in [4.78, 5) is 8.32. The third-order valence-corrected chi connectivity index (χ3v) is 2.49. The SMILES string of the molecule is Cc1cccnc1CNCc1ccncc1. The zero-order valence-corrected chi connectivity index (χ0v) is 9.35. The largest absolute Gasteiger partial charge is 0.307 e. The molecule has 3 heteroatoms. The van der Waals surface area contributed by atoms with Crippen LogP contribution >= 0.6 is 0 Å². The van der Waals surface area contributed by atoms with E-state index in [1.54, 1.807) is 0 Å². The van der Waals surface area contributed by atoms with E-state index < -0.39 is 0 Å². The predicted molar refractivity (Wildman–Crippen MR) is 63.8 cm³/mol. The molecule has 0 spiro atoms. The van der Waals surface area contributed by atoms with Gasteiger partial charge in [0.1, 0.15) is 0 Å². The highest BCUT2D eigenvalue weighted by atomic mass is 14.9. The lowest BCUT2D eigenvalue weighted by Gasteiger charge is -2.06. The van der Waals surface area contributed by atoms with Crippen LogP contribution in [0, 0.1) is 6.92 Å². The summed E-state index contributed by atoms with van der Waals surface area (Å²) in [5.41, 5.74) is 3.57. The number of aromatic nitrogens is 2. The van der Waals surface area contributed by atoms with Gasteiger partial charge in [-0.05, 0) is 36.2 Å². The molecule has 2 aromatic rings. The molecule has 0 saturated heterocycles. The Bertz CT molecular complexity index is 440. The van der Waals surface area contributed by atoms with E-state index in [1.807, 2.05) is 36.8 Å². The molecule has 0 saturated carbocycles. The van der Waals surface area contributed by atoms with Crippen molar-refractivity contribution in [3.8, 4) is 0 Å². The second-order valence-corrected chi connectivity index (χ2v) is 3.73. The fraction of sp³-hybridized carbons (Fsp3) is 0.231. The normalized spacial score (nSPS) is 10.3. The average molecular weight is 213 g/mol. The van der Waals surface area contributed by atoms with Crippen LogP contribution in [0.2, 0.25) is 0 Å². The van der Waals surface area contributed by atoms with Crippen LogP contribution in [-0.2, 0) is 13.1 Å². The summed E-state index contributed by atoms with van der Waals surface area (Å²) in [6, 6.07) is 8.06. The van der Waals surface area contributed by atoms with Gasteiger partial charge in [0.15, 0.2) is 0 Å². The van der Waals surface area contributed by atoms with Gasteiger partial charge >= 0.3 is 0 Å². The van der Waals surface area contributed by atoms with Crippen LogP contribution in [0.3, 0.4) is 0 Å². The summed E-state index contributed by atoms with van der Waals surface area (Å²) in [7, 11) is 0. The van der Waals surface area contributed by atoms with Gasteiger partial charge in [-0.2, -0.15) is 0 Å². The van der Waals surface area contributed by atoms with Crippen molar-refractivity contribution in [3.63, 3.8) is 0 Å². The maximum Gasteiger partial charge on any atom is 0.0570 e. The van der Waals surface area contributed by atoms with Crippen molar-refractivity contribution < 1.29 is 0 Å². The van der Waals surface area contributed by atoms with Crippen LogP contribution in [-0.4, -0.2) is 9.97 Å². The summed E-state index contributed by atoms with van der Waals surface area (Å²) in [5, 5.41) is 3.37. The fourth-order valence-electron chi connectivity index (χ4n) is 1.53. The molecular weight excluding hydrogens is 198 g/mol. The molecule has 0 atom stereocenters. The van der Waals surface area contributed by atoms with Crippen molar-refractivity contribution in [1.29, 1.82) is 0 Å². The highest BCUT2D eigenvalue weighted by molar-refractivity contribution is 5.17. The third kappa shape index (κ3) is 2.87. The maximum atomic E-state index is 4.33. The molecule has 3 nitrogen and oxygen atoms in total. The number of pyridine rings is 2. The highest BCUT2D eigenvalue weighted by Crippen LogP contribution is 2.03. The van der Waals surface area contributed by atoms with E-state index in [0.29, 0.717) is 0 Å². The van der Waals surface area contributed by atoms with Gasteiger partial charge in [0.25, 0.3) is 0 Å². The molecule has 16 heavy (non-hydrogen) atoms. The van der Waals surface area contributed by atoms with E-state index in [-0.39, 0.29) is 0 Å². The average Bonchev–Trinajstić information content (AvgIpc) is 2.33. The molecule has 0 fully saturated rings. The zero-order chi connectivity index (χ0) is 11.2. The molecule has 0 radical (unpaired) electrons. The van der Waals surface area contributed by atoms with Crippen molar-refractivity contribution in [3.05, 3.63) is 59.7 Å². The Morgan fingerprint density at radius 1 is 1.06 bits per heavy atom. The lowest BCUT2D eigenvalue weighted by atomic mass is 10.2. The van der Waals surface area contributed by atoms with E-state index in [4.69, 9.17) is 0 Å². The molecule has 2 rings (SSSR count). The minimum Gasteiger partial charge on any atom is -0.307 e. The van der Waals surface area contributed by atoms with Crippen molar-refractivity contribution in [1.82, 2.24) is 15.3 Å². The van der Waals surface area contributed by atoms with Gasteiger partial charge in [-0.15, -0.1) is 0 Å². The second kappa shape index (κ2) is 5.37. The minimum absolute atomic E-state index is 0.801. The van der Waals surface area contributed by atoms with E-state index in [0.717, 1.165) is 18.8 Å². The summed E-state index contributed by atoms with van der Waals surface area (Å²) in [5.74, 6) is 0. The van der Waals surface area contributed by atoms with Crippen LogP contribution in [0.1, 0.15) is 16.8 Å². The van der Waals surface area contributed by atoms with Crippen molar-refractivity contribution in [2.75, 3.05) is 0 Å². The standard InChI is InChI=1S/C13H15N3/c1-11-3-2-6-16-13(11)10-15-9-12-4-7-14-8-5-12/h2-8,15H,9-10H2,1H3. The molecule has 0 aliphatic heterocycles. The summed E-state index contributed by atoms with van der Waals surface area (Å²) in [6.45, 7) is 3.73. The molecule has 82 valence electrons. The van der Waals surface area contributed by atoms with Crippen molar-refractivity contribution in [2.24, 2.45) is 0 Å². The Morgan fingerprint density at radius 2 is 1.88 bits per heavy atom. The van der Waals surface area contributed by atoms with Gasteiger partial charge in [-0.1, -0.05) is 6.07 Å². The van der Waals surface area contributed by atoms with Gasteiger partial charge < -0.3 is 5.32 Å². The van der Waals surface area contributed by atoms with Crippen molar-refractivity contribution in [2.45, 2.75) is 20.0 Å². The van der Waals surface area contributed by atoms with Gasteiger partial charge in [0, 0.05) is 31.7 Å². The predicted octanol–water partition coefficient (Wildman–Crippen LogP) is 2.07. The number of aryl methyl sites for hydroxylation is 1. The zero-order valence-electron chi connectivity index (χ0n) is 9.35. The van der Waals surface area contributed by atoms with Crippen LogP contribution in [0.15, 0.2) is 42.9 Å². The third-order valence-electron chi connectivity index (χ3n) is 2.49. The first-order valence-corrected chi connectivity index (χ1v) is 5.36. The van der Waals surface area contributed by atoms with E-state index in [1.165, 1.54) is 11.1 Å². The van der Waals surface area contributed by atoms with E-state index in [2.05, 4.69) is 28.3 Å². The van der Waals surface area contributed by atoms with Gasteiger partial charge in [0.2, 0.25) is 0 Å². The highest BCUT2D eigenvalue weighted by Gasteiger charge is 1.97. The van der Waals surface area contributed by atoms with Gasteiger partial charge in [-0.25, -0.2) is 0 Å². The monoisotopic (exact) mass is 213 g/mol.